The van der Waals surface area contributed by atoms with Crippen molar-refractivity contribution < 1.29 is 50.2 Å². The van der Waals surface area contributed by atoms with Crippen LogP contribution in [0.25, 0.3) is 21.6 Å². The molecule has 3 N–H and O–H groups in total. The minimum Gasteiger partial charge on any atom is -0.496 e. The van der Waals surface area contributed by atoms with E-state index in [-0.39, 0.29) is 37.4 Å². The number of nitrogens with zero attached hydrogens (tertiary/aromatic N) is 3. The van der Waals surface area contributed by atoms with Crippen LogP contribution in [-0.4, -0.2) is 90.0 Å². The number of aromatic nitrogens is 2. The Hall–Kier alpha value is -5.43. The lowest BCUT2D eigenvalue weighted by molar-refractivity contribution is -0.274. The fourth-order valence-corrected chi connectivity index (χ4v) is 10.8. The average molecular weight is 925 g/mol. The van der Waals surface area contributed by atoms with Gasteiger partial charge in [0.25, 0.3) is 5.91 Å². The van der Waals surface area contributed by atoms with Crippen LogP contribution in [0.5, 0.6) is 17.2 Å². The van der Waals surface area contributed by atoms with Gasteiger partial charge in [0.15, 0.2) is 0 Å². The third-order valence-corrected chi connectivity index (χ3v) is 14.9. The summed E-state index contributed by atoms with van der Waals surface area (Å²) in [6, 6.07) is 8.46. The van der Waals surface area contributed by atoms with Gasteiger partial charge in [0.1, 0.15) is 51.7 Å². The molecule has 4 heterocycles. The van der Waals surface area contributed by atoms with Crippen molar-refractivity contribution in [3.63, 3.8) is 0 Å². The number of carbonyl (C=O) groups excluding carboxylic acids is 3. The van der Waals surface area contributed by atoms with Gasteiger partial charge in [-0.3, -0.25) is 19.1 Å². The summed E-state index contributed by atoms with van der Waals surface area (Å²) in [5.41, 5.74) is 1.46. The summed E-state index contributed by atoms with van der Waals surface area (Å²) in [5.74, 6) is -1.75. The lowest BCUT2D eigenvalue weighted by Gasteiger charge is -2.30. The van der Waals surface area contributed by atoms with Crippen LogP contribution in [0.2, 0.25) is 0 Å². The number of alkyl halides is 3. The topological polar surface area (TPSA) is 178 Å². The number of thiazole rings is 1. The zero-order chi connectivity index (χ0) is 45.6. The van der Waals surface area contributed by atoms with Gasteiger partial charge in [0, 0.05) is 46.5 Å². The second-order valence-corrected chi connectivity index (χ2v) is 20.1. The second kappa shape index (κ2) is 17.9. The minimum atomic E-state index is -4.93. The summed E-state index contributed by atoms with van der Waals surface area (Å²) in [7, 11) is -2.39. The van der Waals surface area contributed by atoms with Gasteiger partial charge in [0.2, 0.25) is 21.8 Å². The molecule has 3 amide bonds. The summed E-state index contributed by atoms with van der Waals surface area (Å²) in [4.78, 5) is 54.8. The lowest BCUT2D eigenvalue weighted by atomic mass is 10.0. The minimum absolute atomic E-state index is 0.0131. The molecule has 342 valence electrons. The molecule has 19 heteroatoms. The Morgan fingerprint density at radius 2 is 1.84 bits per heavy atom. The number of sulfonamides is 1. The quantitative estimate of drug-likeness (QED) is 0.127. The first-order chi connectivity index (χ1) is 30.4. The highest BCUT2D eigenvalue weighted by atomic mass is 32.2. The molecular formula is C45H51F3N6O8S2. The first-order valence-corrected chi connectivity index (χ1v) is 24.0. The molecule has 0 bridgehead atoms. The maximum atomic E-state index is 14.9. The third-order valence-electron chi connectivity index (χ3n) is 12.2. The Morgan fingerprint density at radius 3 is 2.56 bits per heavy atom. The summed E-state index contributed by atoms with van der Waals surface area (Å²) in [5, 5.41) is 8.65. The highest BCUT2D eigenvalue weighted by Gasteiger charge is 2.62. The highest BCUT2D eigenvalue weighted by Crippen LogP contribution is 2.46. The number of nitrogens with one attached hydrogen (secondary N) is 3. The van der Waals surface area contributed by atoms with E-state index < -0.39 is 74.8 Å². The van der Waals surface area contributed by atoms with Crippen LogP contribution in [0, 0.1) is 12.8 Å². The van der Waals surface area contributed by atoms with E-state index in [0.29, 0.717) is 65.2 Å². The van der Waals surface area contributed by atoms with Gasteiger partial charge in [-0.05, 0) is 75.6 Å². The fourth-order valence-electron chi connectivity index (χ4n) is 8.49. The number of pyridine rings is 1. The standard InChI is InChI=1S/C45H51F3N6O8S2/c1-25(2)35-24-63-41(51-35)34-21-38(32-17-18-37(60-4)26(3)39(32)50-34)61-30-20-36-40(55)52-44(43(57)53-64(58,59)31-15-16-31)22-27(44)11-8-6-5-7-9-14-33(42(56)54(36)23-30)49-28-12-10-13-29(19-28)62-45(46,47)48/h8,10-13,17-19,21,24-25,27,30-31,33,36,49H,5-7,9,14-16,20,22-23H2,1-4H3,(H,52,55)(H,53,57)/t27-,30-,33+,36+,44-/m1/s1. The van der Waals surface area contributed by atoms with Gasteiger partial charge >= 0.3 is 6.36 Å². The average Bonchev–Trinajstić information content (AvgIpc) is 4.11. The molecule has 8 rings (SSSR count). The molecule has 0 unspecified atom stereocenters. The van der Waals surface area contributed by atoms with Gasteiger partial charge in [-0.25, -0.2) is 18.4 Å². The Kier molecular flexibility index (Phi) is 12.6. The zero-order valence-electron chi connectivity index (χ0n) is 35.9. The van der Waals surface area contributed by atoms with Gasteiger partial charge in [-0.1, -0.05) is 44.9 Å². The number of methoxy groups -OCH3 is 1. The predicted molar refractivity (Wildman–Crippen MR) is 235 cm³/mol. The fraction of sp³-hybridized carbons (Fsp3) is 0.489. The van der Waals surface area contributed by atoms with Crippen LogP contribution in [0.3, 0.4) is 0 Å². The third kappa shape index (κ3) is 9.79. The van der Waals surface area contributed by atoms with Crippen LogP contribution in [0.1, 0.15) is 88.8 Å². The van der Waals surface area contributed by atoms with Crippen molar-refractivity contribution in [2.45, 2.75) is 120 Å². The Morgan fingerprint density at radius 1 is 1.05 bits per heavy atom. The highest BCUT2D eigenvalue weighted by molar-refractivity contribution is 7.91. The molecule has 2 aliphatic carbocycles. The summed E-state index contributed by atoms with van der Waals surface area (Å²) < 4.78 is 84.4. The molecule has 14 nitrogen and oxygen atoms in total. The molecule has 64 heavy (non-hydrogen) atoms. The van der Waals surface area contributed by atoms with Gasteiger partial charge in [-0.15, -0.1) is 24.5 Å². The van der Waals surface area contributed by atoms with Crippen molar-refractivity contribution in [3.05, 3.63) is 71.3 Å². The summed E-state index contributed by atoms with van der Waals surface area (Å²) in [6.07, 6.45) is 1.98. The molecule has 3 fully saturated rings. The van der Waals surface area contributed by atoms with E-state index in [4.69, 9.17) is 19.4 Å². The van der Waals surface area contributed by atoms with E-state index in [1.54, 1.807) is 19.2 Å². The lowest BCUT2D eigenvalue weighted by Crippen LogP contribution is -2.57. The number of anilines is 1. The van der Waals surface area contributed by atoms with E-state index in [2.05, 4.69) is 33.9 Å². The van der Waals surface area contributed by atoms with Crippen LogP contribution >= 0.6 is 11.3 Å². The number of allylic oxidation sites excluding steroid dienone is 1. The normalized spacial score (nSPS) is 24.3. The van der Waals surface area contributed by atoms with Gasteiger partial charge in [-0.2, -0.15) is 0 Å². The van der Waals surface area contributed by atoms with Crippen LogP contribution in [0.15, 0.2) is 60.0 Å². The number of halogens is 3. The van der Waals surface area contributed by atoms with Crippen LogP contribution < -0.4 is 29.6 Å². The number of hydrogen-bond donors (Lipinski definition) is 3. The monoisotopic (exact) mass is 924 g/mol. The molecule has 2 saturated carbocycles. The maximum Gasteiger partial charge on any atom is 0.573 e. The number of aryl methyl sites for hydroxylation is 1. The first-order valence-electron chi connectivity index (χ1n) is 21.5. The van der Waals surface area contributed by atoms with Gasteiger partial charge in [0.05, 0.1) is 30.1 Å². The van der Waals surface area contributed by atoms with Crippen molar-refractivity contribution >= 4 is 55.7 Å². The number of hydrogen-bond acceptors (Lipinski definition) is 12. The molecular weight excluding hydrogens is 874 g/mol. The first kappa shape index (κ1) is 45.1. The molecule has 4 aliphatic rings. The SMILES string of the molecule is COc1ccc2c(O[C@@H]3C[C@H]4C(=O)N[C@]5(C(=O)NS(=O)(=O)C6CC6)C[C@H]5C=CCCCCC[C@H](Nc5cccc(OC(F)(F)F)c5)C(=O)N4C3)cc(-c3nc(C(C)C)cs3)nc2c1C. The molecule has 2 aromatic heterocycles. The van der Waals surface area contributed by atoms with Gasteiger partial charge < -0.3 is 29.7 Å². The molecule has 0 radical (unpaired) electrons. The molecule has 1 saturated heterocycles. The second-order valence-electron chi connectivity index (χ2n) is 17.3. The van der Waals surface area contributed by atoms with E-state index in [0.717, 1.165) is 29.8 Å². The number of amides is 3. The smallest absolute Gasteiger partial charge is 0.496 e. The number of fused-ring (bicyclic) bond motifs is 3. The molecule has 0 spiro atoms. The summed E-state index contributed by atoms with van der Waals surface area (Å²) >= 11 is 1.45. The Balaban J connectivity index is 1.15. The van der Waals surface area contributed by atoms with Crippen molar-refractivity contribution in [3.8, 4) is 28.0 Å². The maximum absolute atomic E-state index is 14.9. The number of benzene rings is 2. The van der Waals surface area contributed by atoms with Crippen LogP contribution in [-0.2, 0) is 24.4 Å². The van der Waals surface area contributed by atoms with Crippen LogP contribution in [0.4, 0.5) is 18.9 Å². The zero-order valence-corrected chi connectivity index (χ0v) is 37.5. The van der Waals surface area contributed by atoms with Crippen molar-refractivity contribution in [1.29, 1.82) is 0 Å². The van der Waals surface area contributed by atoms with E-state index in [1.165, 1.54) is 28.4 Å². The molecule has 4 aromatic rings. The van der Waals surface area contributed by atoms with Crippen molar-refractivity contribution in [2.75, 3.05) is 19.0 Å². The molecule has 2 aliphatic heterocycles. The Bertz CT molecular complexity index is 2580. The largest absolute Gasteiger partial charge is 0.573 e. The number of carbonyl (C=O) groups is 3. The van der Waals surface area contributed by atoms with E-state index in [1.807, 2.05) is 30.5 Å². The van der Waals surface area contributed by atoms with E-state index in [9.17, 15) is 36.0 Å². The Labute approximate surface area is 373 Å². The van der Waals surface area contributed by atoms with Crippen molar-refractivity contribution in [1.82, 2.24) is 24.9 Å². The number of rotatable bonds is 11. The summed E-state index contributed by atoms with van der Waals surface area (Å²) in [6.45, 7) is 5.91. The van der Waals surface area contributed by atoms with Crippen molar-refractivity contribution in [2.24, 2.45) is 5.92 Å². The number of ether oxygens (including phenoxy) is 3. The molecule has 2 aromatic carbocycles. The predicted octanol–water partition coefficient (Wildman–Crippen LogP) is 7.53. The molecule has 5 atom stereocenters. The van der Waals surface area contributed by atoms with E-state index >= 15 is 0 Å².